The van der Waals surface area contributed by atoms with Gasteiger partial charge in [-0.3, -0.25) is 9.79 Å². The summed E-state index contributed by atoms with van der Waals surface area (Å²) < 4.78 is 0. The van der Waals surface area contributed by atoms with Crippen LogP contribution in [0.1, 0.15) is 50.5 Å². The van der Waals surface area contributed by atoms with Crippen molar-refractivity contribution in [3.05, 3.63) is 47.8 Å². The van der Waals surface area contributed by atoms with Crippen LogP contribution in [0.4, 0.5) is 0 Å². The van der Waals surface area contributed by atoms with E-state index in [2.05, 4.69) is 40.2 Å². The molecular formula is C22H25N5O. The van der Waals surface area contributed by atoms with Crippen LogP contribution in [-0.4, -0.2) is 38.7 Å². The Labute approximate surface area is 164 Å². The molecule has 3 heterocycles. The molecule has 0 aliphatic carbocycles. The van der Waals surface area contributed by atoms with Crippen molar-refractivity contribution in [3.8, 4) is 11.3 Å². The highest BCUT2D eigenvalue weighted by molar-refractivity contribution is 6.08. The summed E-state index contributed by atoms with van der Waals surface area (Å²) in [5.74, 6) is 0.942. The van der Waals surface area contributed by atoms with Crippen molar-refractivity contribution >= 4 is 22.8 Å². The third-order valence-corrected chi connectivity index (χ3v) is 4.83. The van der Waals surface area contributed by atoms with Crippen LogP contribution >= 0.6 is 0 Å². The smallest absolute Gasteiger partial charge is 0.171 e. The Morgan fingerprint density at radius 1 is 1.18 bits per heavy atom. The van der Waals surface area contributed by atoms with Crippen LogP contribution in [0.2, 0.25) is 0 Å². The van der Waals surface area contributed by atoms with Gasteiger partial charge in [0, 0.05) is 22.7 Å². The van der Waals surface area contributed by atoms with Crippen LogP contribution in [0.15, 0.2) is 41.7 Å². The number of H-pyrrole nitrogens is 1. The van der Waals surface area contributed by atoms with Gasteiger partial charge in [-0.1, -0.05) is 39.0 Å². The predicted octanol–water partition coefficient (Wildman–Crippen LogP) is 3.98. The second-order valence-electron chi connectivity index (χ2n) is 8.99. The summed E-state index contributed by atoms with van der Waals surface area (Å²) in [5.41, 5.74) is 3.99. The Morgan fingerprint density at radius 3 is 2.61 bits per heavy atom. The Balaban J connectivity index is 1.74. The van der Waals surface area contributed by atoms with Crippen LogP contribution in [0.5, 0.6) is 0 Å². The number of amidine groups is 1. The van der Waals surface area contributed by atoms with Gasteiger partial charge in [-0.2, -0.15) is 0 Å². The van der Waals surface area contributed by atoms with Gasteiger partial charge in [0.2, 0.25) is 0 Å². The van der Waals surface area contributed by atoms with Gasteiger partial charge < -0.3 is 10.3 Å². The molecular weight excluding hydrogens is 350 g/mol. The van der Waals surface area contributed by atoms with E-state index in [1.165, 1.54) is 0 Å². The lowest BCUT2D eigenvalue weighted by Crippen LogP contribution is -2.39. The summed E-state index contributed by atoms with van der Waals surface area (Å²) in [6, 6.07) is 8.08. The van der Waals surface area contributed by atoms with Crippen molar-refractivity contribution in [3.63, 3.8) is 0 Å². The highest BCUT2D eigenvalue weighted by atomic mass is 16.1. The molecule has 2 aromatic heterocycles. The number of hydrogen-bond donors (Lipinski definition) is 2. The highest BCUT2D eigenvalue weighted by Gasteiger charge is 2.27. The number of hydrogen-bond acceptors (Lipinski definition) is 5. The summed E-state index contributed by atoms with van der Waals surface area (Å²) in [4.78, 5) is 29.7. The number of benzene rings is 1. The van der Waals surface area contributed by atoms with Gasteiger partial charge in [-0.15, -0.1) is 0 Å². The molecule has 1 aliphatic heterocycles. The number of fused-ring (bicyclic) bond motifs is 1. The minimum Gasteiger partial charge on any atom is -0.363 e. The molecule has 0 saturated carbocycles. The zero-order valence-electron chi connectivity index (χ0n) is 16.9. The van der Waals surface area contributed by atoms with Crippen molar-refractivity contribution < 1.29 is 4.79 Å². The first kappa shape index (κ1) is 18.3. The highest BCUT2D eigenvalue weighted by Crippen LogP contribution is 2.27. The summed E-state index contributed by atoms with van der Waals surface area (Å²) in [7, 11) is 0. The van der Waals surface area contributed by atoms with Crippen LogP contribution in [0.25, 0.3) is 22.4 Å². The average molecular weight is 375 g/mol. The van der Waals surface area contributed by atoms with E-state index in [1.807, 2.05) is 39.0 Å². The quantitative estimate of drug-likeness (QED) is 0.678. The molecule has 0 amide bonds. The van der Waals surface area contributed by atoms with Crippen molar-refractivity contribution in [2.75, 3.05) is 6.54 Å². The molecule has 0 bridgehead atoms. The first-order valence-electron chi connectivity index (χ1n) is 9.46. The molecule has 6 nitrogen and oxygen atoms in total. The molecule has 6 heteroatoms. The molecule has 0 spiro atoms. The van der Waals surface area contributed by atoms with Crippen LogP contribution in [-0.2, 0) is 0 Å². The first-order valence-corrected chi connectivity index (χ1v) is 9.46. The number of aromatic amines is 1. The Hall–Kier alpha value is -3.02. The van der Waals surface area contributed by atoms with E-state index in [0.29, 0.717) is 16.7 Å². The SMILES string of the molecule is CC1(C)CN=C(c2cccc(-c3cnc4[nH]cc(C(=O)C(C)(C)C)c4n3)c2)N1. The third-order valence-electron chi connectivity index (χ3n) is 4.83. The fraction of sp³-hybridized carbons (Fsp3) is 0.364. The number of rotatable bonds is 3. The normalized spacial score (nSPS) is 16.1. The van der Waals surface area contributed by atoms with E-state index >= 15 is 0 Å². The second-order valence-corrected chi connectivity index (χ2v) is 8.99. The van der Waals surface area contributed by atoms with Gasteiger partial charge in [0.1, 0.15) is 11.4 Å². The van der Waals surface area contributed by atoms with Gasteiger partial charge in [0.15, 0.2) is 11.4 Å². The monoisotopic (exact) mass is 375 g/mol. The molecule has 0 unspecified atom stereocenters. The lowest BCUT2D eigenvalue weighted by atomic mass is 9.87. The van der Waals surface area contributed by atoms with Gasteiger partial charge in [0.25, 0.3) is 0 Å². The molecule has 144 valence electrons. The summed E-state index contributed by atoms with van der Waals surface area (Å²) in [6.07, 6.45) is 3.44. The number of nitrogens with zero attached hydrogens (tertiary/aromatic N) is 3. The van der Waals surface area contributed by atoms with E-state index in [9.17, 15) is 4.79 Å². The number of nitrogens with one attached hydrogen (secondary N) is 2. The molecule has 0 atom stereocenters. The van der Waals surface area contributed by atoms with E-state index in [1.54, 1.807) is 12.4 Å². The summed E-state index contributed by atoms with van der Waals surface area (Å²) in [5, 5.41) is 3.46. The van der Waals surface area contributed by atoms with Crippen molar-refractivity contribution in [1.29, 1.82) is 0 Å². The van der Waals surface area contributed by atoms with E-state index in [-0.39, 0.29) is 11.3 Å². The topological polar surface area (TPSA) is 83.0 Å². The first-order chi connectivity index (χ1) is 13.1. The number of carbonyl (C=O) groups is 1. The fourth-order valence-electron chi connectivity index (χ4n) is 3.27. The average Bonchev–Trinajstić information content (AvgIpc) is 3.22. The molecule has 0 fully saturated rings. The molecule has 4 rings (SSSR count). The van der Waals surface area contributed by atoms with Crippen molar-refractivity contribution in [2.24, 2.45) is 10.4 Å². The molecule has 2 N–H and O–H groups in total. The minimum atomic E-state index is -0.480. The predicted molar refractivity (Wildman–Crippen MR) is 112 cm³/mol. The van der Waals surface area contributed by atoms with Crippen LogP contribution in [0, 0.1) is 5.41 Å². The minimum absolute atomic E-state index is 0.0304. The number of carbonyl (C=O) groups excluding carboxylic acids is 1. The van der Waals surface area contributed by atoms with Gasteiger partial charge in [0.05, 0.1) is 29.5 Å². The lowest BCUT2D eigenvalue weighted by Gasteiger charge is -2.18. The zero-order valence-corrected chi connectivity index (χ0v) is 16.9. The zero-order chi connectivity index (χ0) is 20.1. The largest absolute Gasteiger partial charge is 0.363 e. The fourth-order valence-corrected chi connectivity index (χ4v) is 3.27. The molecule has 1 aliphatic rings. The summed E-state index contributed by atoms with van der Waals surface area (Å²) in [6.45, 7) is 10.7. The third kappa shape index (κ3) is 3.30. The number of Topliss-reactive ketones (excluding diaryl/α,β-unsaturated/α-hetero) is 1. The maximum atomic E-state index is 12.8. The maximum absolute atomic E-state index is 12.8. The number of aliphatic imine (C=N–C) groups is 1. The number of aromatic nitrogens is 3. The summed E-state index contributed by atoms with van der Waals surface area (Å²) >= 11 is 0. The molecule has 0 radical (unpaired) electrons. The van der Waals surface area contributed by atoms with Gasteiger partial charge >= 0.3 is 0 Å². The lowest BCUT2D eigenvalue weighted by molar-refractivity contribution is 0.0860. The van der Waals surface area contributed by atoms with Gasteiger partial charge in [-0.25, -0.2) is 9.97 Å². The maximum Gasteiger partial charge on any atom is 0.171 e. The Bertz CT molecular complexity index is 1100. The second kappa shape index (κ2) is 6.26. The molecule has 1 aromatic carbocycles. The van der Waals surface area contributed by atoms with Gasteiger partial charge in [-0.05, 0) is 19.9 Å². The Kier molecular flexibility index (Phi) is 4.10. The molecule has 3 aromatic rings. The number of ketones is 1. The molecule has 0 saturated heterocycles. The standard InChI is InChI=1S/C22H25N5O/c1-21(2,3)18(28)15-10-23-20-17(15)26-16(11-24-20)13-7-6-8-14(9-13)19-25-12-22(4,5)27-19/h6-11H,12H2,1-5H3,(H,23,24)(H,25,27). The van der Waals surface area contributed by atoms with E-state index < -0.39 is 5.41 Å². The van der Waals surface area contributed by atoms with Crippen LogP contribution in [0.3, 0.4) is 0 Å². The van der Waals surface area contributed by atoms with Crippen molar-refractivity contribution in [1.82, 2.24) is 20.3 Å². The van der Waals surface area contributed by atoms with E-state index in [0.717, 1.165) is 29.2 Å². The van der Waals surface area contributed by atoms with Crippen molar-refractivity contribution in [2.45, 2.75) is 40.2 Å². The molecule has 28 heavy (non-hydrogen) atoms. The Morgan fingerprint density at radius 2 is 1.93 bits per heavy atom. The van der Waals surface area contributed by atoms with Crippen LogP contribution < -0.4 is 5.32 Å². The van der Waals surface area contributed by atoms with E-state index in [4.69, 9.17) is 4.98 Å².